The van der Waals surface area contributed by atoms with Crippen LogP contribution in [0, 0.1) is 0 Å². The lowest BCUT2D eigenvalue weighted by molar-refractivity contribution is 0.0173. The van der Waals surface area contributed by atoms with Crippen molar-refractivity contribution >= 4 is 11.6 Å². The third-order valence-corrected chi connectivity index (χ3v) is 1.56. The molecular weight excluding hydrogens is 218 g/mol. The molecule has 0 saturated heterocycles. The number of rotatable bonds is 6. The number of hydrogen-bond donors (Lipinski definition) is 0. The topological polar surface area (TPSA) is 48.2 Å². The Kier molecular flexibility index (Phi) is 4.75. The van der Waals surface area contributed by atoms with Gasteiger partial charge in [-0.25, -0.2) is 8.78 Å². The molecule has 0 atom stereocenters. The molecule has 0 radical (unpaired) electrons. The summed E-state index contributed by atoms with van der Waals surface area (Å²) < 4.78 is 32.9. The Hall–Kier alpha value is -0.750. The molecule has 0 aliphatic heterocycles. The third kappa shape index (κ3) is 3.97. The molecule has 0 aliphatic carbocycles. The van der Waals surface area contributed by atoms with Gasteiger partial charge in [-0.15, -0.1) is 21.8 Å². The normalized spacial score (nSPS) is 11.1. The van der Waals surface area contributed by atoms with Crippen LogP contribution in [0.4, 0.5) is 8.78 Å². The van der Waals surface area contributed by atoms with E-state index < -0.39 is 13.0 Å². The van der Waals surface area contributed by atoms with Crippen molar-refractivity contribution in [2.45, 2.75) is 18.7 Å². The number of hydrogen-bond acceptors (Lipinski definition) is 4. The summed E-state index contributed by atoms with van der Waals surface area (Å²) in [7, 11) is 0. The third-order valence-electron chi connectivity index (χ3n) is 1.33. The summed E-state index contributed by atoms with van der Waals surface area (Å²) in [5.74, 6) is 0.802. The highest BCUT2D eigenvalue weighted by Crippen LogP contribution is 2.03. The number of aromatic nitrogens is 2. The minimum Gasteiger partial charge on any atom is -0.424 e. The Morgan fingerprint density at radius 1 is 1.36 bits per heavy atom. The van der Waals surface area contributed by atoms with Gasteiger partial charge in [0.1, 0.15) is 12.5 Å². The number of ether oxygens (including phenoxy) is 1. The van der Waals surface area contributed by atoms with E-state index in [2.05, 4.69) is 14.9 Å². The Morgan fingerprint density at radius 2 is 2.07 bits per heavy atom. The lowest BCUT2D eigenvalue weighted by atomic mass is 10.4. The summed E-state index contributed by atoms with van der Waals surface area (Å²) in [5.41, 5.74) is 0. The van der Waals surface area contributed by atoms with Crippen LogP contribution in [0.15, 0.2) is 4.42 Å². The Bertz CT molecular complexity index is 270. The lowest BCUT2D eigenvalue weighted by Crippen LogP contribution is -2.07. The van der Waals surface area contributed by atoms with E-state index in [0.717, 1.165) is 0 Å². The van der Waals surface area contributed by atoms with Crippen LogP contribution in [0.2, 0.25) is 0 Å². The number of alkyl halides is 3. The quantitative estimate of drug-likeness (QED) is 0.547. The summed E-state index contributed by atoms with van der Waals surface area (Å²) in [6.07, 6.45) is -2.13. The van der Waals surface area contributed by atoms with E-state index in [9.17, 15) is 8.78 Å². The van der Waals surface area contributed by atoms with Gasteiger partial charge in [-0.05, 0) is 0 Å². The van der Waals surface area contributed by atoms with Crippen LogP contribution < -0.4 is 0 Å². The molecule has 0 spiro atoms. The summed E-state index contributed by atoms with van der Waals surface area (Å²) >= 11 is 5.42. The van der Waals surface area contributed by atoms with E-state index in [-0.39, 0.29) is 12.5 Å². The van der Waals surface area contributed by atoms with Crippen molar-refractivity contribution < 1.29 is 17.9 Å². The van der Waals surface area contributed by atoms with Crippen molar-refractivity contribution in [2.75, 3.05) is 13.2 Å². The van der Waals surface area contributed by atoms with E-state index in [1.807, 2.05) is 0 Å². The van der Waals surface area contributed by atoms with Gasteiger partial charge in [0.05, 0.1) is 6.61 Å². The molecule has 80 valence electrons. The van der Waals surface area contributed by atoms with E-state index >= 15 is 0 Å². The number of nitrogens with zero attached hydrogens (tertiary/aromatic N) is 2. The highest BCUT2D eigenvalue weighted by Gasteiger charge is 2.06. The molecule has 1 heterocycles. The molecule has 1 rings (SSSR count). The van der Waals surface area contributed by atoms with Crippen LogP contribution in [0.25, 0.3) is 0 Å². The van der Waals surface area contributed by atoms with Gasteiger partial charge in [0.25, 0.3) is 6.43 Å². The highest BCUT2D eigenvalue weighted by molar-refractivity contribution is 6.16. The summed E-state index contributed by atoms with van der Waals surface area (Å²) in [6.45, 7) is -0.440. The smallest absolute Gasteiger partial charge is 0.261 e. The molecule has 0 unspecified atom stereocenters. The summed E-state index contributed by atoms with van der Waals surface area (Å²) in [5, 5.41) is 7.23. The zero-order valence-electron chi connectivity index (χ0n) is 7.25. The molecule has 0 fully saturated rings. The molecular formula is C7H9ClF2N2O2. The molecule has 0 bridgehead atoms. The van der Waals surface area contributed by atoms with E-state index in [1.165, 1.54) is 0 Å². The van der Waals surface area contributed by atoms with Crippen LogP contribution in [0.1, 0.15) is 11.8 Å². The van der Waals surface area contributed by atoms with Crippen molar-refractivity contribution in [3.8, 4) is 0 Å². The van der Waals surface area contributed by atoms with E-state index in [0.29, 0.717) is 18.2 Å². The van der Waals surface area contributed by atoms with E-state index in [4.69, 9.17) is 16.0 Å². The van der Waals surface area contributed by atoms with Crippen molar-refractivity contribution in [3.63, 3.8) is 0 Å². The molecule has 4 nitrogen and oxygen atoms in total. The molecule has 0 amide bonds. The van der Waals surface area contributed by atoms with Crippen molar-refractivity contribution in [1.82, 2.24) is 10.2 Å². The largest absolute Gasteiger partial charge is 0.424 e. The second-order valence-corrected chi connectivity index (χ2v) is 2.71. The SMILES string of the molecule is FC(F)COCCc1nnc(CCl)o1. The van der Waals surface area contributed by atoms with Gasteiger partial charge in [-0.3, -0.25) is 0 Å². The second kappa shape index (κ2) is 5.87. The maximum Gasteiger partial charge on any atom is 0.261 e. The molecule has 0 aliphatic rings. The predicted octanol–water partition coefficient (Wildman–Crippen LogP) is 1.63. The molecule has 1 aromatic heterocycles. The zero-order chi connectivity index (χ0) is 10.4. The molecule has 1 aromatic rings. The van der Waals surface area contributed by atoms with Crippen molar-refractivity contribution in [1.29, 1.82) is 0 Å². The maximum atomic E-state index is 11.6. The van der Waals surface area contributed by atoms with Crippen LogP contribution in [0.3, 0.4) is 0 Å². The first-order chi connectivity index (χ1) is 6.72. The standard InChI is InChI=1S/C7H9ClF2N2O2/c8-3-7-12-11-6(14-7)1-2-13-4-5(9)10/h5H,1-4H2. The van der Waals surface area contributed by atoms with Gasteiger partial charge < -0.3 is 9.15 Å². The van der Waals surface area contributed by atoms with Gasteiger partial charge in [0.2, 0.25) is 11.8 Å². The fourth-order valence-corrected chi connectivity index (χ4v) is 0.883. The summed E-state index contributed by atoms with van der Waals surface area (Å²) in [6, 6.07) is 0. The molecule has 0 saturated carbocycles. The average Bonchev–Trinajstić information content (AvgIpc) is 2.60. The number of halogens is 3. The summed E-state index contributed by atoms with van der Waals surface area (Å²) in [4.78, 5) is 0. The van der Waals surface area contributed by atoms with Gasteiger partial charge in [0.15, 0.2) is 0 Å². The van der Waals surface area contributed by atoms with Crippen LogP contribution in [-0.2, 0) is 17.0 Å². The van der Waals surface area contributed by atoms with Crippen LogP contribution in [0.5, 0.6) is 0 Å². The minimum absolute atomic E-state index is 0.133. The first-order valence-corrected chi connectivity index (χ1v) is 4.49. The fourth-order valence-electron chi connectivity index (χ4n) is 0.775. The maximum absolute atomic E-state index is 11.6. The molecule has 7 heteroatoms. The Balaban J connectivity index is 2.18. The lowest BCUT2D eigenvalue weighted by Gasteiger charge is -1.99. The predicted molar refractivity (Wildman–Crippen MR) is 44.4 cm³/mol. The van der Waals surface area contributed by atoms with Gasteiger partial charge in [-0.1, -0.05) is 0 Å². The van der Waals surface area contributed by atoms with Crippen LogP contribution in [-0.4, -0.2) is 29.8 Å². The highest BCUT2D eigenvalue weighted by atomic mass is 35.5. The van der Waals surface area contributed by atoms with Crippen LogP contribution >= 0.6 is 11.6 Å². The van der Waals surface area contributed by atoms with Gasteiger partial charge in [0, 0.05) is 6.42 Å². The van der Waals surface area contributed by atoms with E-state index in [1.54, 1.807) is 0 Å². The van der Waals surface area contributed by atoms with Crippen molar-refractivity contribution in [2.24, 2.45) is 0 Å². The first kappa shape index (κ1) is 11.3. The molecule has 14 heavy (non-hydrogen) atoms. The van der Waals surface area contributed by atoms with Crippen molar-refractivity contribution in [3.05, 3.63) is 11.8 Å². The molecule has 0 aromatic carbocycles. The zero-order valence-corrected chi connectivity index (χ0v) is 8.01. The van der Waals surface area contributed by atoms with Gasteiger partial charge in [-0.2, -0.15) is 0 Å². The first-order valence-electron chi connectivity index (χ1n) is 3.95. The fraction of sp³-hybridized carbons (Fsp3) is 0.714. The second-order valence-electron chi connectivity index (χ2n) is 2.44. The minimum atomic E-state index is -2.45. The molecule has 0 N–H and O–H groups in total. The monoisotopic (exact) mass is 226 g/mol. The average molecular weight is 227 g/mol. The Morgan fingerprint density at radius 3 is 2.64 bits per heavy atom. The Labute approximate surface area is 84.2 Å². The van der Waals surface area contributed by atoms with Gasteiger partial charge >= 0.3 is 0 Å².